The summed E-state index contributed by atoms with van der Waals surface area (Å²) in [5.41, 5.74) is 1.92. The van der Waals surface area contributed by atoms with E-state index >= 15 is 0 Å². The van der Waals surface area contributed by atoms with Gasteiger partial charge < -0.3 is 15.0 Å². The number of aryl methyl sites for hydroxylation is 1. The van der Waals surface area contributed by atoms with Crippen LogP contribution in [0.4, 0.5) is 0 Å². The van der Waals surface area contributed by atoms with E-state index in [1.807, 2.05) is 13.0 Å². The molecular formula is C17H23N3O3. The molecule has 1 saturated heterocycles. The molecule has 2 N–H and O–H groups in total. The van der Waals surface area contributed by atoms with Gasteiger partial charge in [0.1, 0.15) is 11.6 Å². The quantitative estimate of drug-likeness (QED) is 0.870. The summed E-state index contributed by atoms with van der Waals surface area (Å²) < 4.78 is 0. The van der Waals surface area contributed by atoms with Crippen LogP contribution < -0.4 is 5.56 Å². The van der Waals surface area contributed by atoms with Crippen LogP contribution >= 0.6 is 0 Å². The number of hydrogen-bond acceptors (Lipinski definition) is 4. The monoisotopic (exact) mass is 317 g/mol. The summed E-state index contributed by atoms with van der Waals surface area (Å²) in [5.74, 6) is 0.223. The Balaban J connectivity index is 2.08. The number of H-pyrrole nitrogens is 1. The number of hydrogen-bond donors (Lipinski definition) is 2. The summed E-state index contributed by atoms with van der Waals surface area (Å²) in [4.78, 5) is 28.4. The number of aliphatic hydroxyl groups excluding tert-OH is 1. The van der Waals surface area contributed by atoms with Crippen LogP contribution in [0.5, 0.6) is 0 Å². The molecule has 1 aromatic rings. The number of rotatable bonds is 3. The Morgan fingerprint density at radius 3 is 2.78 bits per heavy atom. The van der Waals surface area contributed by atoms with Crippen LogP contribution in [0.15, 0.2) is 4.79 Å². The van der Waals surface area contributed by atoms with E-state index in [1.165, 1.54) is 0 Å². The summed E-state index contributed by atoms with van der Waals surface area (Å²) in [6.07, 6.45) is 1.13. The molecule has 6 heteroatoms. The zero-order valence-electron chi connectivity index (χ0n) is 13.8. The standard InChI is InChI=1S/C17H23N3O3/c1-10-6-7-20(9-15(10)21)16(22)5-4-13-11(2)14(8-18)17(23)19-12(13)3/h10,15,21H,4-7,9H2,1-3H3,(H,19,23). The Hall–Kier alpha value is -2.13. The summed E-state index contributed by atoms with van der Waals surface area (Å²) in [5, 5.41) is 19.0. The van der Waals surface area contributed by atoms with Crippen molar-refractivity contribution in [1.82, 2.24) is 9.88 Å². The summed E-state index contributed by atoms with van der Waals surface area (Å²) >= 11 is 0. The molecule has 23 heavy (non-hydrogen) atoms. The first-order valence-electron chi connectivity index (χ1n) is 7.93. The highest BCUT2D eigenvalue weighted by Crippen LogP contribution is 2.19. The maximum absolute atomic E-state index is 12.3. The molecule has 0 aromatic carbocycles. The molecule has 1 aromatic heterocycles. The van der Waals surface area contributed by atoms with E-state index in [1.54, 1.807) is 18.7 Å². The van der Waals surface area contributed by atoms with E-state index in [9.17, 15) is 14.7 Å². The minimum atomic E-state index is -0.463. The highest BCUT2D eigenvalue weighted by Gasteiger charge is 2.27. The Morgan fingerprint density at radius 1 is 1.48 bits per heavy atom. The fraction of sp³-hybridized carbons (Fsp3) is 0.588. The molecule has 1 aliphatic heterocycles. The highest BCUT2D eigenvalue weighted by molar-refractivity contribution is 5.76. The third kappa shape index (κ3) is 3.62. The maximum atomic E-state index is 12.3. The summed E-state index contributed by atoms with van der Waals surface area (Å²) in [7, 11) is 0. The number of carbonyl (C=O) groups is 1. The number of likely N-dealkylation sites (tertiary alicyclic amines) is 1. The topological polar surface area (TPSA) is 97.2 Å². The molecule has 1 fully saturated rings. The molecule has 1 amide bonds. The molecule has 2 unspecified atom stereocenters. The van der Waals surface area contributed by atoms with Gasteiger partial charge in [-0.2, -0.15) is 5.26 Å². The molecule has 0 aliphatic carbocycles. The Kier molecular flexibility index (Phi) is 5.22. The van der Waals surface area contributed by atoms with Crippen LogP contribution in [0.2, 0.25) is 0 Å². The number of piperidine rings is 1. The van der Waals surface area contributed by atoms with Crippen molar-refractivity contribution in [2.24, 2.45) is 5.92 Å². The van der Waals surface area contributed by atoms with E-state index in [0.717, 1.165) is 12.0 Å². The van der Waals surface area contributed by atoms with Crippen molar-refractivity contribution < 1.29 is 9.90 Å². The highest BCUT2D eigenvalue weighted by atomic mass is 16.3. The molecular weight excluding hydrogens is 294 g/mol. The van der Waals surface area contributed by atoms with Crippen molar-refractivity contribution >= 4 is 5.91 Å². The van der Waals surface area contributed by atoms with E-state index in [2.05, 4.69) is 4.98 Å². The van der Waals surface area contributed by atoms with Gasteiger partial charge in [-0.05, 0) is 43.7 Å². The Morgan fingerprint density at radius 2 is 2.17 bits per heavy atom. The number of aromatic nitrogens is 1. The number of pyridine rings is 1. The fourth-order valence-electron chi connectivity index (χ4n) is 3.09. The van der Waals surface area contributed by atoms with E-state index < -0.39 is 6.10 Å². The predicted octanol–water partition coefficient (Wildman–Crippen LogP) is 1.03. The fourth-order valence-corrected chi connectivity index (χ4v) is 3.09. The van der Waals surface area contributed by atoms with Gasteiger partial charge in [0.05, 0.1) is 6.10 Å². The number of aromatic amines is 1. The number of nitrogens with zero attached hydrogens (tertiary/aromatic N) is 2. The number of amides is 1. The van der Waals surface area contributed by atoms with Gasteiger partial charge in [-0.15, -0.1) is 0 Å². The van der Waals surface area contributed by atoms with Gasteiger partial charge in [0.15, 0.2) is 0 Å². The molecule has 2 atom stereocenters. The van der Waals surface area contributed by atoms with Crippen LogP contribution in [0.25, 0.3) is 0 Å². The maximum Gasteiger partial charge on any atom is 0.266 e. The number of aliphatic hydroxyl groups is 1. The van der Waals surface area contributed by atoms with Crippen LogP contribution in [-0.4, -0.2) is 40.1 Å². The Bertz CT molecular complexity index is 702. The number of β-amino-alcohol motifs (C(OH)–C–C–N with tert-alkyl or cyclic N) is 1. The molecule has 6 nitrogen and oxygen atoms in total. The average molecular weight is 317 g/mol. The molecule has 0 bridgehead atoms. The lowest BCUT2D eigenvalue weighted by Gasteiger charge is -2.34. The lowest BCUT2D eigenvalue weighted by atomic mass is 9.95. The number of carbonyl (C=O) groups excluding carboxylic acids is 1. The second-order valence-electron chi connectivity index (χ2n) is 6.34. The molecule has 124 valence electrons. The van der Waals surface area contributed by atoms with Gasteiger partial charge in [-0.1, -0.05) is 6.92 Å². The number of nitrogens with one attached hydrogen (secondary N) is 1. The molecule has 0 radical (unpaired) electrons. The van der Waals surface area contributed by atoms with Crippen LogP contribution in [0.1, 0.15) is 42.1 Å². The summed E-state index contributed by atoms with van der Waals surface area (Å²) in [6.45, 7) is 6.56. The largest absolute Gasteiger partial charge is 0.391 e. The van der Waals surface area contributed by atoms with Gasteiger partial charge in [0, 0.05) is 25.2 Å². The minimum absolute atomic E-state index is 0.000502. The zero-order chi connectivity index (χ0) is 17.1. The molecule has 2 rings (SSSR count). The van der Waals surface area contributed by atoms with Gasteiger partial charge in [0.25, 0.3) is 5.56 Å². The van der Waals surface area contributed by atoms with E-state index in [4.69, 9.17) is 5.26 Å². The second-order valence-corrected chi connectivity index (χ2v) is 6.34. The van der Waals surface area contributed by atoms with Gasteiger partial charge >= 0.3 is 0 Å². The van der Waals surface area contributed by atoms with E-state index in [-0.39, 0.29) is 22.9 Å². The smallest absolute Gasteiger partial charge is 0.266 e. The first-order valence-corrected chi connectivity index (χ1v) is 7.93. The third-order valence-corrected chi connectivity index (χ3v) is 4.78. The lowest BCUT2D eigenvalue weighted by Crippen LogP contribution is -2.45. The summed E-state index contributed by atoms with van der Waals surface area (Å²) in [6, 6.07) is 1.92. The molecule has 0 saturated carbocycles. The van der Waals surface area contributed by atoms with Gasteiger partial charge in [-0.25, -0.2) is 0 Å². The third-order valence-electron chi connectivity index (χ3n) is 4.78. The predicted molar refractivity (Wildman–Crippen MR) is 85.9 cm³/mol. The SMILES string of the molecule is Cc1[nH]c(=O)c(C#N)c(C)c1CCC(=O)N1CCC(C)C(O)C1. The van der Waals surface area contributed by atoms with Crippen molar-refractivity contribution in [2.45, 2.75) is 46.1 Å². The minimum Gasteiger partial charge on any atom is -0.391 e. The first-order chi connectivity index (χ1) is 10.8. The van der Waals surface area contributed by atoms with Crippen LogP contribution in [0, 0.1) is 31.1 Å². The van der Waals surface area contributed by atoms with Gasteiger partial charge in [-0.3, -0.25) is 9.59 Å². The average Bonchev–Trinajstić information content (AvgIpc) is 2.49. The van der Waals surface area contributed by atoms with Crippen LogP contribution in [-0.2, 0) is 11.2 Å². The van der Waals surface area contributed by atoms with Crippen molar-refractivity contribution in [3.63, 3.8) is 0 Å². The van der Waals surface area contributed by atoms with Crippen molar-refractivity contribution in [3.8, 4) is 6.07 Å². The number of nitriles is 1. The molecule has 2 heterocycles. The van der Waals surface area contributed by atoms with Crippen molar-refractivity contribution in [2.75, 3.05) is 13.1 Å². The normalized spacial score (nSPS) is 21.1. The first kappa shape index (κ1) is 17.2. The van der Waals surface area contributed by atoms with Gasteiger partial charge in [0.2, 0.25) is 5.91 Å². The lowest BCUT2D eigenvalue weighted by molar-refractivity contribution is -0.135. The second kappa shape index (κ2) is 6.97. The zero-order valence-corrected chi connectivity index (χ0v) is 13.8. The molecule has 1 aliphatic rings. The molecule has 0 spiro atoms. The van der Waals surface area contributed by atoms with Crippen LogP contribution in [0.3, 0.4) is 0 Å². The Labute approximate surface area is 135 Å². The van der Waals surface area contributed by atoms with Crippen molar-refractivity contribution in [3.05, 3.63) is 32.7 Å². The van der Waals surface area contributed by atoms with Crippen molar-refractivity contribution in [1.29, 1.82) is 5.26 Å². The van der Waals surface area contributed by atoms with E-state index in [0.29, 0.717) is 37.2 Å².